The van der Waals surface area contributed by atoms with Crippen LogP contribution in [0, 0.1) is 11.8 Å². The van der Waals surface area contributed by atoms with Crippen molar-refractivity contribution in [2.24, 2.45) is 0 Å². The van der Waals surface area contributed by atoms with Crippen molar-refractivity contribution in [1.29, 1.82) is 0 Å². The quantitative estimate of drug-likeness (QED) is 0.630. The van der Waals surface area contributed by atoms with E-state index >= 15 is 0 Å². The normalized spacial score (nSPS) is 9.08. The van der Waals surface area contributed by atoms with E-state index < -0.39 is 0 Å². The van der Waals surface area contributed by atoms with Crippen LogP contribution in [0.4, 0.5) is 0 Å². The van der Waals surface area contributed by atoms with E-state index in [1.165, 1.54) is 5.56 Å². The number of hydrogen-bond donors (Lipinski definition) is 1. The molecule has 1 N–H and O–H groups in total. The van der Waals surface area contributed by atoms with Crippen molar-refractivity contribution in [2.75, 3.05) is 6.54 Å². The zero-order chi connectivity index (χ0) is 9.52. The van der Waals surface area contributed by atoms with Crippen molar-refractivity contribution < 1.29 is 0 Å². The maximum Gasteiger partial charge on any atom is 0.0578 e. The molecule has 68 valence electrons. The second-order valence-corrected chi connectivity index (χ2v) is 3.57. The predicted octanol–water partition coefficient (Wildman–Crippen LogP) is 2.56. The van der Waals surface area contributed by atoms with Gasteiger partial charge in [-0.15, -0.1) is 5.92 Å². The summed E-state index contributed by atoms with van der Waals surface area (Å²) in [6.07, 6.45) is 0. The third kappa shape index (κ3) is 4.12. The summed E-state index contributed by atoms with van der Waals surface area (Å²) in [6, 6.07) is 8.28. The zero-order valence-electron chi connectivity index (χ0n) is 7.60. The van der Waals surface area contributed by atoms with Crippen LogP contribution in [0.2, 0.25) is 0 Å². The lowest BCUT2D eigenvalue weighted by molar-refractivity contribution is 0.770. The average Bonchev–Trinajstić information content (AvgIpc) is 2.15. The summed E-state index contributed by atoms with van der Waals surface area (Å²) in [7, 11) is 0. The largest absolute Gasteiger partial charge is 0.302 e. The van der Waals surface area contributed by atoms with Gasteiger partial charge in [0.1, 0.15) is 0 Å². The lowest BCUT2D eigenvalue weighted by Crippen LogP contribution is -2.12. The Morgan fingerprint density at radius 1 is 1.31 bits per heavy atom. The van der Waals surface area contributed by atoms with E-state index in [1.54, 1.807) is 0 Å². The maximum atomic E-state index is 3.40. The average molecular weight is 238 g/mol. The van der Waals surface area contributed by atoms with Gasteiger partial charge >= 0.3 is 0 Å². The standard InChI is InChI=1S/C11H12BrN/c1-2-3-8-13-9-10-4-6-11(12)7-5-10/h4-7,13H,8-9H2,1H3. The van der Waals surface area contributed by atoms with Crippen LogP contribution in [0.15, 0.2) is 28.7 Å². The minimum Gasteiger partial charge on any atom is -0.302 e. The van der Waals surface area contributed by atoms with Gasteiger partial charge in [-0.3, -0.25) is 0 Å². The van der Waals surface area contributed by atoms with Crippen LogP contribution in [0.1, 0.15) is 12.5 Å². The third-order valence-corrected chi connectivity index (χ3v) is 2.16. The summed E-state index contributed by atoms with van der Waals surface area (Å²) in [5.74, 6) is 5.80. The molecule has 0 radical (unpaired) electrons. The Bertz CT molecular complexity index is 305. The van der Waals surface area contributed by atoms with Crippen LogP contribution < -0.4 is 5.32 Å². The summed E-state index contributed by atoms with van der Waals surface area (Å²) < 4.78 is 1.12. The van der Waals surface area contributed by atoms with Gasteiger partial charge < -0.3 is 5.32 Å². The highest BCUT2D eigenvalue weighted by Gasteiger charge is 1.90. The lowest BCUT2D eigenvalue weighted by Gasteiger charge is -2.00. The molecule has 0 bridgehead atoms. The van der Waals surface area contributed by atoms with Crippen molar-refractivity contribution in [3.63, 3.8) is 0 Å². The van der Waals surface area contributed by atoms with E-state index in [9.17, 15) is 0 Å². The minimum atomic E-state index is 0.757. The van der Waals surface area contributed by atoms with Crippen LogP contribution in [-0.4, -0.2) is 6.54 Å². The topological polar surface area (TPSA) is 12.0 Å². The van der Waals surface area contributed by atoms with E-state index in [1.807, 2.05) is 19.1 Å². The molecular weight excluding hydrogens is 226 g/mol. The molecule has 13 heavy (non-hydrogen) atoms. The summed E-state index contributed by atoms with van der Waals surface area (Å²) >= 11 is 3.40. The summed E-state index contributed by atoms with van der Waals surface area (Å²) in [5.41, 5.74) is 1.28. The smallest absolute Gasteiger partial charge is 0.0578 e. The number of halogens is 1. The zero-order valence-corrected chi connectivity index (χ0v) is 9.19. The molecule has 1 aromatic carbocycles. The van der Waals surface area contributed by atoms with Crippen molar-refractivity contribution in [3.05, 3.63) is 34.3 Å². The number of benzene rings is 1. The van der Waals surface area contributed by atoms with Gasteiger partial charge in [-0.2, -0.15) is 0 Å². The Morgan fingerprint density at radius 2 is 2.00 bits per heavy atom. The van der Waals surface area contributed by atoms with Crippen LogP contribution >= 0.6 is 15.9 Å². The fourth-order valence-corrected chi connectivity index (χ4v) is 1.22. The highest BCUT2D eigenvalue weighted by atomic mass is 79.9. The molecule has 0 aliphatic heterocycles. The molecule has 0 fully saturated rings. The molecule has 0 atom stereocenters. The Kier molecular flexibility index (Phi) is 4.59. The van der Waals surface area contributed by atoms with Gasteiger partial charge in [-0.25, -0.2) is 0 Å². The van der Waals surface area contributed by atoms with Crippen LogP contribution in [0.5, 0.6) is 0 Å². The van der Waals surface area contributed by atoms with Crippen molar-refractivity contribution in [3.8, 4) is 11.8 Å². The summed E-state index contributed by atoms with van der Waals surface area (Å²) in [5, 5.41) is 3.23. The van der Waals surface area contributed by atoms with Gasteiger partial charge in [0.05, 0.1) is 6.54 Å². The van der Waals surface area contributed by atoms with Crippen molar-refractivity contribution in [2.45, 2.75) is 13.5 Å². The summed E-state index contributed by atoms with van der Waals surface area (Å²) in [6.45, 7) is 3.48. The minimum absolute atomic E-state index is 0.757. The van der Waals surface area contributed by atoms with E-state index in [2.05, 4.69) is 45.2 Å². The molecule has 0 saturated carbocycles. The first-order valence-corrected chi connectivity index (χ1v) is 4.97. The van der Waals surface area contributed by atoms with Crippen LogP contribution in [0.3, 0.4) is 0 Å². The van der Waals surface area contributed by atoms with Gasteiger partial charge in [0.2, 0.25) is 0 Å². The molecule has 0 saturated heterocycles. The van der Waals surface area contributed by atoms with Crippen molar-refractivity contribution in [1.82, 2.24) is 5.32 Å². The van der Waals surface area contributed by atoms with Crippen LogP contribution in [0.25, 0.3) is 0 Å². The predicted molar refractivity (Wildman–Crippen MR) is 59.3 cm³/mol. The molecule has 1 nitrogen and oxygen atoms in total. The SMILES string of the molecule is CC#CCNCc1ccc(Br)cc1. The Morgan fingerprint density at radius 3 is 2.62 bits per heavy atom. The molecule has 0 spiro atoms. The molecule has 0 aromatic heterocycles. The highest BCUT2D eigenvalue weighted by molar-refractivity contribution is 9.10. The summed E-state index contributed by atoms with van der Waals surface area (Å²) in [4.78, 5) is 0. The first-order chi connectivity index (χ1) is 6.33. The van der Waals surface area contributed by atoms with Gasteiger partial charge in [0, 0.05) is 11.0 Å². The van der Waals surface area contributed by atoms with Crippen molar-refractivity contribution >= 4 is 15.9 Å². The van der Waals surface area contributed by atoms with Gasteiger partial charge in [0.25, 0.3) is 0 Å². The van der Waals surface area contributed by atoms with Gasteiger partial charge in [-0.05, 0) is 24.6 Å². The molecule has 2 heteroatoms. The highest BCUT2D eigenvalue weighted by Crippen LogP contribution is 2.09. The maximum absolute atomic E-state index is 3.40. The Balaban J connectivity index is 2.36. The number of hydrogen-bond acceptors (Lipinski definition) is 1. The molecule has 0 unspecified atom stereocenters. The molecule has 0 aliphatic rings. The molecule has 0 amide bonds. The van der Waals surface area contributed by atoms with E-state index in [0.717, 1.165) is 17.6 Å². The fourth-order valence-electron chi connectivity index (χ4n) is 0.960. The Labute approximate surface area is 87.7 Å². The molecule has 1 aromatic rings. The second kappa shape index (κ2) is 5.80. The fraction of sp³-hybridized carbons (Fsp3) is 0.273. The third-order valence-electron chi connectivity index (χ3n) is 1.63. The second-order valence-electron chi connectivity index (χ2n) is 2.66. The molecule has 1 rings (SSSR count). The molecule has 0 aliphatic carbocycles. The monoisotopic (exact) mass is 237 g/mol. The van der Waals surface area contributed by atoms with E-state index in [-0.39, 0.29) is 0 Å². The molecule has 0 heterocycles. The lowest BCUT2D eigenvalue weighted by atomic mass is 10.2. The first-order valence-electron chi connectivity index (χ1n) is 4.17. The number of nitrogens with one attached hydrogen (secondary N) is 1. The van der Waals surface area contributed by atoms with Crippen LogP contribution in [-0.2, 0) is 6.54 Å². The van der Waals surface area contributed by atoms with E-state index in [4.69, 9.17) is 0 Å². The first kappa shape index (κ1) is 10.3. The van der Waals surface area contributed by atoms with E-state index in [0.29, 0.717) is 0 Å². The van der Waals surface area contributed by atoms with Gasteiger partial charge in [-0.1, -0.05) is 34.0 Å². The van der Waals surface area contributed by atoms with Gasteiger partial charge in [0.15, 0.2) is 0 Å². The number of rotatable bonds is 3. The molecular formula is C11H12BrN. The Hall–Kier alpha value is -0.780.